The van der Waals surface area contributed by atoms with Crippen molar-refractivity contribution in [1.82, 2.24) is 25.2 Å². The summed E-state index contributed by atoms with van der Waals surface area (Å²) in [7, 11) is 0. The molecule has 0 radical (unpaired) electrons. The molecule has 3 N–H and O–H groups in total. The van der Waals surface area contributed by atoms with E-state index in [0.29, 0.717) is 11.5 Å². The van der Waals surface area contributed by atoms with Crippen molar-refractivity contribution in [3.05, 3.63) is 78.0 Å². The molecule has 1 fully saturated rings. The molecule has 1 saturated heterocycles. The molecule has 1 amide bonds. The molecule has 4 aromatic rings. The molecule has 1 aliphatic rings. The summed E-state index contributed by atoms with van der Waals surface area (Å²) in [6, 6.07) is 20.0. The first-order chi connectivity index (χ1) is 15.7. The lowest BCUT2D eigenvalue weighted by molar-refractivity contribution is 0.0929. The van der Waals surface area contributed by atoms with Crippen LogP contribution in [0.5, 0.6) is 0 Å². The van der Waals surface area contributed by atoms with Crippen LogP contribution in [-0.4, -0.2) is 39.6 Å². The Morgan fingerprint density at radius 2 is 1.88 bits per heavy atom. The fourth-order valence-corrected chi connectivity index (χ4v) is 4.07. The monoisotopic (exact) mass is 426 g/mol. The fraction of sp³-hybridized carbons (Fsp3) is 0.240. The standard InChI is InChI=1S/C25H26N6O/c1-17-4-2-5-19(16-17)22-6-3-15-31-23(22)29-25(30-31)28-20-9-7-18(8-10-20)24(32)27-21-11-13-26-14-12-21/h2-10,15-16,21,26H,11-14H2,1H3,(H,27,32)(H,28,30). The number of piperidine rings is 1. The van der Waals surface area contributed by atoms with Crippen molar-refractivity contribution in [2.24, 2.45) is 0 Å². The topological polar surface area (TPSA) is 83.3 Å². The zero-order chi connectivity index (χ0) is 21.9. The van der Waals surface area contributed by atoms with Crippen molar-refractivity contribution in [2.75, 3.05) is 18.4 Å². The van der Waals surface area contributed by atoms with Crippen LogP contribution in [-0.2, 0) is 0 Å². The Kier molecular flexibility index (Phi) is 5.56. The lowest BCUT2D eigenvalue weighted by atomic mass is 10.1. The number of hydrogen-bond donors (Lipinski definition) is 3. The highest BCUT2D eigenvalue weighted by molar-refractivity contribution is 5.94. The summed E-state index contributed by atoms with van der Waals surface area (Å²) < 4.78 is 1.78. The number of amides is 1. The van der Waals surface area contributed by atoms with Crippen molar-refractivity contribution >= 4 is 23.2 Å². The largest absolute Gasteiger partial charge is 0.349 e. The van der Waals surface area contributed by atoms with Crippen molar-refractivity contribution in [2.45, 2.75) is 25.8 Å². The quantitative estimate of drug-likeness (QED) is 0.450. The summed E-state index contributed by atoms with van der Waals surface area (Å²) >= 11 is 0. The molecule has 7 nitrogen and oxygen atoms in total. The van der Waals surface area contributed by atoms with Gasteiger partial charge in [-0.05, 0) is 74.8 Å². The van der Waals surface area contributed by atoms with Gasteiger partial charge in [-0.1, -0.05) is 29.8 Å². The third-order valence-electron chi connectivity index (χ3n) is 5.77. The van der Waals surface area contributed by atoms with Crippen LogP contribution in [0.3, 0.4) is 0 Å². The van der Waals surface area contributed by atoms with Gasteiger partial charge in [0.1, 0.15) is 0 Å². The summed E-state index contributed by atoms with van der Waals surface area (Å²) in [5.41, 5.74) is 5.61. The number of nitrogens with one attached hydrogen (secondary N) is 3. The van der Waals surface area contributed by atoms with Gasteiger partial charge in [0.2, 0.25) is 5.95 Å². The van der Waals surface area contributed by atoms with E-state index in [1.807, 2.05) is 42.6 Å². The lowest BCUT2D eigenvalue weighted by Crippen LogP contribution is -2.42. The van der Waals surface area contributed by atoms with Crippen LogP contribution in [0.2, 0.25) is 0 Å². The van der Waals surface area contributed by atoms with Gasteiger partial charge in [-0.3, -0.25) is 4.79 Å². The van der Waals surface area contributed by atoms with Gasteiger partial charge in [0.15, 0.2) is 5.65 Å². The Balaban J connectivity index is 1.32. The molecule has 0 atom stereocenters. The number of rotatable bonds is 5. The molecular formula is C25H26N6O. The maximum atomic E-state index is 12.5. The molecule has 0 unspecified atom stereocenters. The minimum Gasteiger partial charge on any atom is -0.349 e. The SMILES string of the molecule is Cc1cccc(-c2cccn3nc(Nc4ccc(C(=O)NC5CCNCC5)cc4)nc23)c1. The van der Waals surface area contributed by atoms with E-state index in [9.17, 15) is 4.79 Å². The number of aromatic nitrogens is 3. The van der Waals surface area contributed by atoms with Gasteiger partial charge in [0.05, 0.1) is 0 Å². The Hall–Kier alpha value is -3.71. The maximum Gasteiger partial charge on any atom is 0.251 e. The summed E-state index contributed by atoms with van der Waals surface area (Å²) in [5, 5.41) is 14.2. The predicted octanol–water partition coefficient (Wildman–Crippen LogP) is 3.93. The highest BCUT2D eigenvalue weighted by Crippen LogP contribution is 2.25. The van der Waals surface area contributed by atoms with Crippen LogP contribution >= 0.6 is 0 Å². The molecule has 162 valence electrons. The van der Waals surface area contributed by atoms with Crippen molar-refractivity contribution < 1.29 is 4.79 Å². The van der Waals surface area contributed by atoms with Gasteiger partial charge in [0, 0.05) is 29.1 Å². The smallest absolute Gasteiger partial charge is 0.251 e. The number of anilines is 2. The van der Waals surface area contributed by atoms with E-state index < -0.39 is 0 Å². The molecule has 5 rings (SSSR count). The van der Waals surface area contributed by atoms with Gasteiger partial charge in [0.25, 0.3) is 5.91 Å². The third-order valence-corrected chi connectivity index (χ3v) is 5.77. The minimum atomic E-state index is -0.0305. The van der Waals surface area contributed by atoms with E-state index in [4.69, 9.17) is 4.98 Å². The first-order valence-electron chi connectivity index (χ1n) is 11.0. The van der Waals surface area contributed by atoms with E-state index in [1.54, 1.807) is 4.52 Å². The zero-order valence-corrected chi connectivity index (χ0v) is 18.0. The molecule has 0 aliphatic carbocycles. The average molecular weight is 427 g/mol. The number of pyridine rings is 1. The summed E-state index contributed by atoms with van der Waals surface area (Å²) in [6.45, 7) is 3.98. The van der Waals surface area contributed by atoms with Gasteiger partial charge in [-0.25, -0.2) is 4.52 Å². The number of carbonyl (C=O) groups is 1. The summed E-state index contributed by atoms with van der Waals surface area (Å²) in [4.78, 5) is 17.2. The third kappa shape index (κ3) is 4.33. The molecule has 0 bridgehead atoms. The number of nitrogens with zero attached hydrogens (tertiary/aromatic N) is 3. The summed E-state index contributed by atoms with van der Waals surface area (Å²) in [6.07, 6.45) is 3.83. The number of aryl methyl sites for hydroxylation is 1. The maximum absolute atomic E-state index is 12.5. The molecule has 1 aliphatic heterocycles. The van der Waals surface area contributed by atoms with Crippen LogP contribution in [0.15, 0.2) is 66.9 Å². The highest BCUT2D eigenvalue weighted by Gasteiger charge is 2.16. The van der Waals surface area contributed by atoms with E-state index in [1.165, 1.54) is 5.56 Å². The van der Waals surface area contributed by atoms with Crippen molar-refractivity contribution in [3.63, 3.8) is 0 Å². The predicted molar refractivity (Wildman–Crippen MR) is 126 cm³/mol. The Labute approximate surface area is 186 Å². The van der Waals surface area contributed by atoms with E-state index in [-0.39, 0.29) is 11.9 Å². The Morgan fingerprint density at radius 1 is 1.06 bits per heavy atom. The van der Waals surface area contributed by atoms with Gasteiger partial charge in [-0.15, -0.1) is 5.10 Å². The molecule has 2 aromatic heterocycles. The molecular weight excluding hydrogens is 400 g/mol. The second-order valence-electron chi connectivity index (χ2n) is 8.20. The van der Waals surface area contributed by atoms with Crippen LogP contribution in [0.4, 0.5) is 11.6 Å². The number of benzene rings is 2. The minimum absolute atomic E-state index is 0.0305. The van der Waals surface area contributed by atoms with Crippen molar-refractivity contribution in [1.29, 1.82) is 0 Å². The van der Waals surface area contributed by atoms with Gasteiger partial charge < -0.3 is 16.0 Å². The van der Waals surface area contributed by atoms with E-state index >= 15 is 0 Å². The average Bonchev–Trinajstić information content (AvgIpc) is 3.22. The van der Waals surface area contributed by atoms with Crippen molar-refractivity contribution in [3.8, 4) is 11.1 Å². The highest BCUT2D eigenvalue weighted by atomic mass is 16.1. The first-order valence-corrected chi connectivity index (χ1v) is 11.0. The molecule has 32 heavy (non-hydrogen) atoms. The molecule has 3 heterocycles. The molecule has 2 aromatic carbocycles. The lowest BCUT2D eigenvalue weighted by Gasteiger charge is -2.23. The van der Waals surface area contributed by atoms with Gasteiger partial charge >= 0.3 is 0 Å². The van der Waals surface area contributed by atoms with E-state index in [2.05, 4.69) is 52.2 Å². The zero-order valence-electron chi connectivity index (χ0n) is 18.0. The Morgan fingerprint density at radius 3 is 2.66 bits per heavy atom. The normalized spacial score (nSPS) is 14.4. The molecule has 7 heteroatoms. The second kappa shape index (κ2) is 8.80. The number of carbonyl (C=O) groups excluding carboxylic acids is 1. The Bertz CT molecular complexity index is 1240. The van der Waals surface area contributed by atoms with Crippen LogP contribution < -0.4 is 16.0 Å². The second-order valence-corrected chi connectivity index (χ2v) is 8.20. The van der Waals surface area contributed by atoms with Crippen LogP contribution in [0.25, 0.3) is 16.8 Å². The van der Waals surface area contributed by atoms with Gasteiger partial charge in [-0.2, -0.15) is 4.98 Å². The summed E-state index contributed by atoms with van der Waals surface area (Å²) in [5.74, 6) is 0.481. The van der Waals surface area contributed by atoms with E-state index in [0.717, 1.165) is 48.4 Å². The number of hydrogen-bond acceptors (Lipinski definition) is 5. The van der Waals surface area contributed by atoms with Crippen LogP contribution in [0.1, 0.15) is 28.8 Å². The number of fused-ring (bicyclic) bond motifs is 1. The first kappa shape index (κ1) is 20.2. The van der Waals surface area contributed by atoms with Crippen LogP contribution in [0, 0.1) is 6.92 Å². The molecule has 0 saturated carbocycles. The fourth-order valence-electron chi connectivity index (χ4n) is 4.07. The molecule has 0 spiro atoms.